The maximum atomic E-state index is 13.0. The molecule has 2 heterocycles. The molecule has 0 aliphatic carbocycles. The lowest BCUT2D eigenvalue weighted by Crippen LogP contribution is -2.14. The van der Waals surface area contributed by atoms with E-state index in [-0.39, 0.29) is 44.8 Å². The van der Waals surface area contributed by atoms with Gasteiger partial charge in [-0.1, -0.05) is 19.9 Å². The molecule has 6 nitrogen and oxygen atoms in total. The van der Waals surface area contributed by atoms with Crippen molar-refractivity contribution in [3.63, 3.8) is 0 Å². The number of furan rings is 1. The van der Waals surface area contributed by atoms with Crippen LogP contribution in [-0.2, 0) is 5.41 Å². The lowest BCUT2D eigenvalue weighted by atomic mass is 9.83. The minimum absolute atomic E-state index is 0.0761. The Morgan fingerprint density at radius 2 is 1.81 bits per heavy atom. The fourth-order valence-electron chi connectivity index (χ4n) is 3.14. The second kappa shape index (κ2) is 5.05. The molecule has 2 aromatic heterocycles. The predicted octanol–water partition coefficient (Wildman–Crippen LogP) is 4.27. The molecule has 3 N–H and O–H groups in total. The Morgan fingerprint density at radius 3 is 2.50 bits per heavy atom. The van der Waals surface area contributed by atoms with Crippen LogP contribution in [0, 0.1) is 0 Å². The summed E-state index contributed by atoms with van der Waals surface area (Å²) in [5.74, 6) is -0.943. The highest BCUT2D eigenvalue weighted by Gasteiger charge is 2.27. The van der Waals surface area contributed by atoms with E-state index in [0.29, 0.717) is 10.9 Å². The van der Waals surface area contributed by atoms with E-state index in [1.165, 1.54) is 18.4 Å². The Labute approximate surface area is 147 Å². The Bertz CT molecular complexity index is 1270. The first kappa shape index (κ1) is 16.1. The molecule has 132 valence electrons. The van der Waals surface area contributed by atoms with Gasteiger partial charge >= 0.3 is 0 Å². The molecule has 0 saturated carbocycles. The lowest BCUT2D eigenvalue weighted by molar-refractivity contribution is 0.438. The number of phenols is 3. The Hall–Kier alpha value is -3.41. The number of phenolic OH excluding ortho intramolecular Hbond substituents is 3. The first-order valence-electron chi connectivity index (χ1n) is 7.95. The van der Waals surface area contributed by atoms with Crippen molar-refractivity contribution in [2.45, 2.75) is 19.3 Å². The SMILES string of the molecule is C=CC(C)(C)c1cc(O)c2oc3c(O)c4occc4cc3c(=O)c2c1O. The van der Waals surface area contributed by atoms with Crippen LogP contribution in [0.4, 0.5) is 0 Å². The second-order valence-electron chi connectivity index (χ2n) is 6.79. The highest BCUT2D eigenvalue weighted by atomic mass is 16.4. The molecule has 0 saturated heterocycles. The standard InChI is InChI=1S/C20H16O6/c1-4-20(2,3)11-8-12(21)19-13(15(11)23)14(22)10-7-9-5-6-25-17(9)16(24)18(10)26-19/h4-8,21,23-24H,1H2,2-3H3. The van der Waals surface area contributed by atoms with Gasteiger partial charge in [-0.05, 0) is 18.2 Å². The van der Waals surface area contributed by atoms with Crippen LogP contribution in [0.1, 0.15) is 19.4 Å². The summed E-state index contributed by atoms with van der Waals surface area (Å²) < 4.78 is 10.8. The smallest absolute Gasteiger partial charge is 0.204 e. The number of benzene rings is 2. The van der Waals surface area contributed by atoms with Gasteiger partial charge in [-0.25, -0.2) is 0 Å². The molecule has 6 heteroatoms. The summed E-state index contributed by atoms with van der Waals surface area (Å²) in [5.41, 5.74) is -1.05. The van der Waals surface area contributed by atoms with Crippen molar-refractivity contribution in [2.75, 3.05) is 0 Å². The Kier molecular flexibility index (Phi) is 3.12. The van der Waals surface area contributed by atoms with Gasteiger partial charge in [0, 0.05) is 16.4 Å². The topological polar surface area (TPSA) is 104 Å². The molecule has 26 heavy (non-hydrogen) atoms. The summed E-state index contributed by atoms with van der Waals surface area (Å²) in [6.45, 7) is 7.32. The molecule has 0 fully saturated rings. The summed E-state index contributed by atoms with van der Waals surface area (Å²) >= 11 is 0. The van der Waals surface area contributed by atoms with Crippen LogP contribution in [-0.4, -0.2) is 15.3 Å². The van der Waals surface area contributed by atoms with E-state index in [4.69, 9.17) is 8.83 Å². The summed E-state index contributed by atoms with van der Waals surface area (Å²) in [6.07, 6.45) is 2.99. The summed E-state index contributed by atoms with van der Waals surface area (Å²) in [4.78, 5) is 13.0. The van der Waals surface area contributed by atoms with Gasteiger partial charge in [0.1, 0.15) is 11.1 Å². The first-order chi connectivity index (χ1) is 12.3. The van der Waals surface area contributed by atoms with E-state index >= 15 is 0 Å². The van der Waals surface area contributed by atoms with E-state index in [1.54, 1.807) is 26.0 Å². The third-order valence-corrected chi connectivity index (χ3v) is 4.78. The quantitative estimate of drug-likeness (QED) is 0.283. The molecular weight excluding hydrogens is 336 g/mol. The van der Waals surface area contributed by atoms with Crippen LogP contribution in [0.15, 0.2) is 50.7 Å². The fraction of sp³-hybridized carbons (Fsp3) is 0.150. The van der Waals surface area contributed by atoms with Gasteiger partial charge < -0.3 is 24.2 Å². The van der Waals surface area contributed by atoms with Crippen molar-refractivity contribution in [1.29, 1.82) is 0 Å². The third kappa shape index (κ3) is 1.95. The number of rotatable bonds is 2. The first-order valence-corrected chi connectivity index (χ1v) is 7.95. The molecule has 2 aromatic carbocycles. The van der Waals surface area contributed by atoms with Crippen molar-refractivity contribution >= 4 is 32.9 Å². The number of aromatic hydroxyl groups is 3. The molecule has 0 spiro atoms. The van der Waals surface area contributed by atoms with Crippen LogP contribution in [0.2, 0.25) is 0 Å². The zero-order valence-corrected chi connectivity index (χ0v) is 14.2. The van der Waals surface area contributed by atoms with Gasteiger partial charge in [-0.2, -0.15) is 0 Å². The maximum Gasteiger partial charge on any atom is 0.204 e. The minimum atomic E-state index is -0.687. The summed E-state index contributed by atoms with van der Waals surface area (Å²) in [5, 5.41) is 32.0. The van der Waals surface area contributed by atoms with Crippen molar-refractivity contribution in [3.05, 3.63) is 52.9 Å². The fourth-order valence-corrected chi connectivity index (χ4v) is 3.14. The van der Waals surface area contributed by atoms with Crippen LogP contribution in [0.3, 0.4) is 0 Å². The third-order valence-electron chi connectivity index (χ3n) is 4.78. The summed E-state index contributed by atoms with van der Waals surface area (Å²) in [7, 11) is 0. The number of allylic oxidation sites excluding steroid dienone is 1. The molecule has 0 aliphatic heterocycles. The van der Waals surface area contributed by atoms with Gasteiger partial charge in [-0.3, -0.25) is 4.79 Å². The van der Waals surface area contributed by atoms with Crippen LogP contribution in [0.25, 0.3) is 32.9 Å². The van der Waals surface area contributed by atoms with Crippen molar-refractivity contribution in [2.24, 2.45) is 0 Å². The van der Waals surface area contributed by atoms with Gasteiger partial charge in [0.15, 0.2) is 22.5 Å². The molecule has 0 bridgehead atoms. The van der Waals surface area contributed by atoms with Crippen LogP contribution >= 0.6 is 0 Å². The predicted molar refractivity (Wildman–Crippen MR) is 98.0 cm³/mol. The van der Waals surface area contributed by atoms with Gasteiger partial charge in [-0.15, -0.1) is 6.58 Å². The monoisotopic (exact) mass is 352 g/mol. The number of hydrogen-bond acceptors (Lipinski definition) is 6. The van der Waals surface area contributed by atoms with E-state index in [1.807, 2.05) is 0 Å². The van der Waals surface area contributed by atoms with Crippen molar-refractivity contribution in [3.8, 4) is 17.2 Å². The van der Waals surface area contributed by atoms with Crippen LogP contribution in [0.5, 0.6) is 17.2 Å². The normalized spacial score (nSPS) is 12.2. The molecule has 0 radical (unpaired) electrons. The molecule has 0 unspecified atom stereocenters. The molecular formula is C20H16O6. The van der Waals surface area contributed by atoms with E-state index in [0.717, 1.165) is 0 Å². The summed E-state index contributed by atoms with van der Waals surface area (Å²) in [6, 6.07) is 4.45. The van der Waals surface area contributed by atoms with Gasteiger partial charge in [0.2, 0.25) is 11.2 Å². The molecule has 0 amide bonds. The van der Waals surface area contributed by atoms with E-state index in [2.05, 4.69) is 6.58 Å². The van der Waals surface area contributed by atoms with E-state index < -0.39 is 10.8 Å². The Morgan fingerprint density at radius 1 is 1.08 bits per heavy atom. The van der Waals surface area contributed by atoms with Gasteiger partial charge in [0.25, 0.3) is 0 Å². The molecule has 4 aromatic rings. The van der Waals surface area contributed by atoms with Crippen LogP contribution < -0.4 is 5.43 Å². The lowest BCUT2D eigenvalue weighted by Gasteiger charge is -2.22. The number of fused-ring (bicyclic) bond motifs is 3. The highest BCUT2D eigenvalue weighted by molar-refractivity contribution is 6.04. The number of hydrogen-bond donors (Lipinski definition) is 3. The zero-order chi connectivity index (χ0) is 18.8. The molecule has 4 rings (SSSR count). The maximum absolute atomic E-state index is 13.0. The zero-order valence-electron chi connectivity index (χ0n) is 14.2. The Balaban J connectivity index is 2.26. The highest BCUT2D eigenvalue weighted by Crippen LogP contribution is 2.43. The van der Waals surface area contributed by atoms with E-state index in [9.17, 15) is 20.1 Å². The average molecular weight is 352 g/mol. The average Bonchev–Trinajstić information content (AvgIpc) is 3.07. The minimum Gasteiger partial charge on any atom is -0.507 e. The second-order valence-corrected chi connectivity index (χ2v) is 6.79. The molecule has 0 aliphatic rings. The van der Waals surface area contributed by atoms with Crippen molar-refractivity contribution in [1.82, 2.24) is 0 Å². The molecule has 0 atom stereocenters. The van der Waals surface area contributed by atoms with Gasteiger partial charge in [0.05, 0.1) is 11.6 Å². The van der Waals surface area contributed by atoms with Crippen molar-refractivity contribution < 1.29 is 24.2 Å². The largest absolute Gasteiger partial charge is 0.507 e.